The number of unbranched alkanes of at least 4 members (excludes halogenated alkanes) is 1. The predicted octanol–water partition coefficient (Wildman–Crippen LogP) is 6.80. The van der Waals surface area contributed by atoms with Gasteiger partial charge in [0.2, 0.25) is 12.2 Å². The first-order valence-electron chi connectivity index (χ1n) is 10.6. The van der Waals surface area contributed by atoms with E-state index in [-0.39, 0.29) is 23.5 Å². The Balaban J connectivity index is 3.21. The van der Waals surface area contributed by atoms with E-state index in [0.29, 0.717) is 11.0 Å². The third-order valence-corrected chi connectivity index (χ3v) is 6.23. The quantitative estimate of drug-likeness (QED) is 0.176. The molecule has 39 heavy (non-hydrogen) atoms. The third-order valence-electron chi connectivity index (χ3n) is 5.12. The fourth-order valence-electron chi connectivity index (χ4n) is 3.31. The monoisotopic (exact) mass is 661 g/mol. The molecule has 0 aliphatic rings. The zero-order chi connectivity index (χ0) is 30.1. The number of aromatic nitrogens is 2. The summed E-state index contributed by atoms with van der Waals surface area (Å²) in [6, 6.07) is -0.261. The van der Waals surface area contributed by atoms with Gasteiger partial charge >= 0.3 is 24.5 Å². The molecule has 7 nitrogen and oxygen atoms in total. The number of benzene rings is 1. The normalized spacial score (nSPS) is 13.4. The smallest absolute Gasteiger partial charge is 0.434 e. The number of carbonyl (C=O) groups excluding carboxylic acids is 1. The number of halogens is 11. The zero-order valence-corrected chi connectivity index (χ0v) is 22.3. The first-order valence-corrected chi connectivity index (χ1v) is 11.7. The summed E-state index contributed by atoms with van der Waals surface area (Å²) in [4.78, 5) is 29.0. The minimum Gasteiger partial charge on any atom is -0.466 e. The Morgan fingerprint density at radius 2 is 1.67 bits per heavy atom. The van der Waals surface area contributed by atoms with Gasteiger partial charge in [0, 0.05) is 13.7 Å². The molecular formula is C21H18BrClF9N3O4. The van der Waals surface area contributed by atoms with Crippen LogP contribution in [0.25, 0.3) is 0 Å². The van der Waals surface area contributed by atoms with Crippen LogP contribution in [0, 0.1) is 0 Å². The number of ether oxygens (including phenoxy) is 2. The number of hydrogen-bond acceptors (Lipinski definition) is 6. The van der Waals surface area contributed by atoms with Crippen LogP contribution in [0.5, 0.6) is 0 Å². The third kappa shape index (κ3) is 6.98. The largest absolute Gasteiger partial charge is 0.466 e. The van der Waals surface area contributed by atoms with E-state index in [2.05, 4.69) is 25.7 Å². The van der Waals surface area contributed by atoms with Crippen LogP contribution >= 0.6 is 27.5 Å². The Morgan fingerprint density at radius 3 is 2.10 bits per heavy atom. The highest BCUT2D eigenvalue weighted by atomic mass is 79.9. The lowest BCUT2D eigenvalue weighted by molar-refractivity contribution is -0.151. The molecule has 1 aromatic carbocycles. The van der Waals surface area contributed by atoms with Gasteiger partial charge in [-0.25, -0.2) is 9.78 Å². The van der Waals surface area contributed by atoms with Crippen molar-refractivity contribution in [3.63, 3.8) is 0 Å². The van der Waals surface area contributed by atoms with E-state index >= 15 is 0 Å². The van der Waals surface area contributed by atoms with Crippen LogP contribution in [0.1, 0.15) is 36.6 Å². The summed E-state index contributed by atoms with van der Waals surface area (Å²) in [7, 11) is 1.53. The summed E-state index contributed by atoms with van der Waals surface area (Å²) in [5, 5.41) is -1.45. The predicted molar refractivity (Wildman–Crippen MR) is 123 cm³/mol. The lowest BCUT2D eigenvalue weighted by Crippen LogP contribution is -2.44. The number of nitrogens with zero attached hydrogens (tertiary/aromatic N) is 3. The van der Waals surface area contributed by atoms with Gasteiger partial charge in [-0.15, -0.1) is 0 Å². The molecule has 0 N–H and O–H groups in total. The average molecular weight is 663 g/mol. The van der Waals surface area contributed by atoms with Crippen molar-refractivity contribution in [2.75, 3.05) is 19.1 Å². The highest BCUT2D eigenvalue weighted by Gasteiger charge is 2.44. The molecule has 0 aliphatic heterocycles. The lowest BCUT2D eigenvalue weighted by atomic mass is 10.1. The maximum Gasteiger partial charge on any atom is 0.434 e. The summed E-state index contributed by atoms with van der Waals surface area (Å²) >= 11 is 8.39. The van der Waals surface area contributed by atoms with Crippen molar-refractivity contribution in [2.24, 2.45) is 0 Å². The molecule has 2 rings (SSSR count). The fourth-order valence-corrected chi connectivity index (χ4v) is 4.15. The van der Waals surface area contributed by atoms with E-state index < -0.39 is 80.8 Å². The molecule has 218 valence electrons. The number of rotatable bonds is 8. The van der Waals surface area contributed by atoms with Crippen molar-refractivity contribution < 1.29 is 53.8 Å². The van der Waals surface area contributed by atoms with Gasteiger partial charge in [-0.05, 0) is 34.5 Å². The van der Waals surface area contributed by atoms with Crippen LogP contribution in [-0.2, 0) is 39.3 Å². The van der Waals surface area contributed by atoms with Crippen molar-refractivity contribution in [1.82, 2.24) is 9.55 Å². The average Bonchev–Trinajstić information content (AvgIpc) is 2.81. The summed E-state index contributed by atoms with van der Waals surface area (Å²) in [5.41, 5.74) is -8.52. The number of hydrogen-bond donors (Lipinski definition) is 0. The Hall–Kier alpha value is -2.53. The van der Waals surface area contributed by atoms with Crippen molar-refractivity contribution in [3.05, 3.63) is 48.8 Å². The second-order valence-corrected chi connectivity index (χ2v) is 8.89. The number of carbonyl (C=O) groups is 1. The first kappa shape index (κ1) is 32.7. The second-order valence-electron chi connectivity index (χ2n) is 7.72. The van der Waals surface area contributed by atoms with Crippen molar-refractivity contribution in [2.45, 2.75) is 51.1 Å². The van der Waals surface area contributed by atoms with Crippen LogP contribution in [0.4, 0.5) is 51.1 Å². The molecule has 0 saturated heterocycles. The van der Waals surface area contributed by atoms with Gasteiger partial charge in [-0.1, -0.05) is 24.9 Å². The highest BCUT2D eigenvalue weighted by molar-refractivity contribution is 9.10. The number of alkyl halides is 9. The van der Waals surface area contributed by atoms with Gasteiger partial charge in [-0.2, -0.15) is 39.5 Å². The molecule has 0 amide bonds. The number of esters is 1. The Labute approximate surface area is 227 Å². The van der Waals surface area contributed by atoms with Crippen LogP contribution in [0.15, 0.2) is 21.4 Å². The van der Waals surface area contributed by atoms with Crippen LogP contribution in [0.2, 0.25) is 5.02 Å². The molecule has 0 radical (unpaired) electrons. The van der Waals surface area contributed by atoms with E-state index in [1.807, 2.05) is 0 Å². The molecule has 1 heterocycles. The summed E-state index contributed by atoms with van der Waals surface area (Å²) < 4.78 is 132. The molecule has 2 aromatic rings. The van der Waals surface area contributed by atoms with E-state index in [0.717, 1.165) is 14.2 Å². The SMILES string of the molecule is CCCCn1c(N(c2cc(C(F)(F)F)cc(C(F)(F)F)c2Cl)C(OC)C(=O)OC)nc(C(F)(F)F)c(Br)c1=O. The van der Waals surface area contributed by atoms with Crippen molar-refractivity contribution >= 4 is 45.1 Å². The molecule has 0 saturated carbocycles. The summed E-state index contributed by atoms with van der Waals surface area (Å²) in [6.45, 7) is 1.21. The Bertz CT molecular complexity index is 1280. The van der Waals surface area contributed by atoms with Crippen molar-refractivity contribution in [1.29, 1.82) is 0 Å². The standard InChI is InChI=1S/C21H18BrClF9N3O4/c1-4-5-6-34-15(36)12(22)14(21(30,31)32)33-18(34)35(16(38-2)17(37)39-3)11-8-9(19(24,25)26)7-10(13(11)23)20(27,28)29/h7-8,16H,4-6H2,1-3H3. The van der Waals surface area contributed by atoms with Gasteiger partial charge in [0.05, 0.1) is 28.9 Å². The molecule has 1 aromatic heterocycles. The highest BCUT2D eigenvalue weighted by Crippen LogP contribution is 2.46. The Morgan fingerprint density at radius 1 is 1.08 bits per heavy atom. The lowest BCUT2D eigenvalue weighted by Gasteiger charge is -2.33. The maximum absolute atomic E-state index is 13.8. The van der Waals surface area contributed by atoms with Gasteiger partial charge in [0.25, 0.3) is 5.56 Å². The number of anilines is 2. The topological polar surface area (TPSA) is 73.7 Å². The van der Waals surface area contributed by atoms with Gasteiger partial charge in [0.1, 0.15) is 4.47 Å². The van der Waals surface area contributed by atoms with E-state index in [1.54, 1.807) is 6.92 Å². The molecule has 0 aliphatic carbocycles. The molecular weight excluding hydrogens is 645 g/mol. The minimum absolute atomic E-state index is 0.0537. The van der Waals surface area contributed by atoms with E-state index in [1.165, 1.54) is 0 Å². The van der Waals surface area contributed by atoms with E-state index in [9.17, 15) is 49.1 Å². The number of methoxy groups -OCH3 is 2. The Kier molecular flexibility index (Phi) is 9.99. The van der Waals surface area contributed by atoms with Crippen LogP contribution in [0.3, 0.4) is 0 Å². The molecule has 1 unspecified atom stereocenters. The maximum atomic E-state index is 13.8. The van der Waals surface area contributed by atoms with Crippen LogP contribution in [-0.4, -0.2) is 36.0 Å². The molecule has 0 fully saturated rings. The molecule has 18 heteroatoms. The second kappa shape index (κ2) is 11.9. The molecule has 1 atom stereocenters. The summed E-state index contributed by atoms with van der Waals surface area (Å²) in [6.07, 6.45) is -18.1. The van der Waals surface area contributed by atoms with Crippen molar-refractivity contribution in [3.8, 4) is 0 Å². The van der Waals surface area contributed by atoms with Crippen LogP contribution < -0.4 is 10.5 Å². The van der Waals surface area contributed by atoms with Gasteiger partial charge in [-0.3, -0.25) is 14.3 Å². The zero-order valence-electron chi connectivity index (χ0n) is 20.0. The van der Waals surface area contributed by atoms with Gasteiger partial charge in [0.15, 0.2) is 5.69 Å². The summed E-state index contributed by atoms with van der Waals surface area (Å²) in [5.74, 6) is -2.66. The fraction of sp³-hybridized carbons (Fsp3) is 0.476. The van der Waals surface area contributed by atoms with E-state index in [4.69, 9.17) is 16.3 Å². The first-order chi connectivity index (χ1) is 17.8. The molecule has 0 bridgehead atoms. The molecule has 0 spiro atoms. The van der Waals surface area contributed by atoms with Gasteiger partial charge < -0.3 is 9.47 Å². The minimum atomic E-state index is -5.49.